The molecule has 15 N–H and O–H groups in total. The van der Waals surface area contributed by atoms with Crippen LogP contribution in [-0.4, -0.2) is 97.2 Å². The van der Waals surface area contributed by atoms with E-state index in [1.807, 2.05) is 0 Å². The van der Waals surface area contributed by atoms with Gasteiger partial charge < -0.3 is 72.6 Å². The number of carboxylic acid groups (broad SMARTS) is 2. The van der Waals surface area contributed by atoms with E-state index in [-0.39, 0.29) is 18.6 Å². The minimum atomic E-state index is -2.44. The van der Waals surface area contributed by atoms with Crippen LogP contribution in [0, 0.1) is 0 Å². The molecule has 146 valence electrons. The van der Waals surface area contributed by atoms with Gasteiger partial charge in [-0.15, -0.1) is 0 Å². The van der Waals surface area contributed by atoms with E-state index >= 15 is 0 Å². The number of hydrogen-bond donors (Lipinski definition) is 9. The van der Waals surface area contributed by atoms with Crippen molar-refractivity contribution in [1.82, 2.24) is 12.3 Å². The highest BCUT2D eigenvalue weighted by Gasteiger charge is 2.29. The number of quaternary nitrogens is 2. The standard InChI is InChI=1S/C6H12O6.C4H6O6.2H3N/c7-1-3(9)5(11)6(12)4(10)2-8;5-1(3(7)8)2(6)4(9)10;;/h1,3-6,8-12H,2H2;1-2,5-6H,(H,7,8)(H,9,10);2*1H3/t3-,4+,5+,6+;;;/m0.../s1. The van der Waals surface area contributed by atoms with Gasteiger partial charge in [0, 0.05) is 0 Å². The van der Waals surface area contributed by atoms with Crippen LogP contribution in [0.2, 0.25) is 0 Å². The van der Waals surface area contributed by atoms with Crippen molar-refractivity contribution < 1.29 is 60.3 Å². The second-order valence-corrected chi connectivity index (χ2v) is 3.89. The van der Waals surface area contributed by atoms with Crippen molar-refractivity contribution >= 4 is 18.2 Å². The fourth-order valence-corrected chi connectivity index (χ4v) is 0.876. The zero-order valence-corrected chi connectivity index (χ0v) is 12.9. The van der Waals surface area contributed by atoms with E-state index in [2.05, 4.69) is 0 Å². The van der Waals surface area contributed by atoms with E-state index < -0.39 is 55.2 Å². The maximum Gasteiger partial charge on any atom is 0.151 e. The molecule has 0 aliphatic heterocycles. The van der Waals surface area contributed by atoms with Crippen molar-refractivity contribution in [3.63, 3.8) is 0 Å². The minimum Gasteiger partial charge on any atom is -0.547 e. The lowest BCUT2D eigenvalue weighted by atomic mass is 10.0. The van der Waals surface area contributed by atoms with E-state index in [9.17, 15) is 24.6 Å². The average Bonchev–Trinajstić information content (AvgIpc) is 2.50. The van der Waals surface area contributed by atoms with Crippen molar-refractivity contribution in [2.45, 2.75) is 36.6 Å². The minimum absolute atomic E-state index is 0. The first-order valence-corrected chi connectivity index (χ1v) is 5.57. The summed E-state index contributed by atoms with van der Waals surface area (Å²) in [5.41, 5.74) is 0. The van der Waals surface area contributed by atoms with Crippen molar-refractivity contribution in [3.8, 4) is 0 Å². The Bertz CT molecular complexity index is 350. The summed E-state index contributed by atoms with van der Waals surface area (Å²) in [6.45, 7) is -0.760. The van der Waals surface area contributed by atoms with E-state index in [4.69, 9.17) is 35.7 Å². The van der Waals surface area contributed by atoms with Crippen molar-refractivity contribution in [2.75, 3.05) is 6.61 Å². The van der Waals surface area contributed by atoms with Gasteiger partial charge in [0.2, 0.25) is 0 Å². The molecule has 0 saturated carbocycles. The highest BCUT2D eigenvalue weighted by Crippen LogP contribution is 2.02. The third-order valence-corrected chi connectivity index (χ3v) is 2.20. The van der Waals surface area contributed by atoms with Gasteiger partial charge in [-0.3, -0.25) is 0 Å². The normalized spacial score (nSPS) is 17.1. The fourth-order valence-electron chi connectivity index (χ4n) is 0.876. The predicted octanol–water partition coefficient (Wildman–Crippen LogP) is -7.42. The number of hydrogen-bond acceptors (Lipinski definition) is 12. The van der Waals surface area contributed by atoms with E-state index in [1.165, 1.54) is 0 Å². The summed E-state index contributed by atoms with van der Waals surface area (Å²) in [7, 11) is 0. The monoisotopic (exact) mass is 364 g/mol. The van der Waals surface area contributed by atoms with Crippen LogP contribution in [0.3, 0.4) is 0 Å². The summed E-state index contributed by atoms with van der Waals surface area (Å²) in [6, 6.07) is 0. The molecule has 0 bridgehead atoms. The first-order valence-electron chi connectivity index (χ1n) is 5.57. The summed E-state index contributed by atoms with van der Waals surface area (Å²) in [5, 5.41) is 79.3. The van der Waals surface area contributed by atoms with Crippen molar-refractivity contribution in [1.29, 1.82) is 0 Å². The number of carboxylic acids is 2. The molecule has 0 aliphatic carbocycles. The first kappa shape index (κ1) is 30.2. The largest absolute Gasteiger partial charge is 0.547 e. The molecule has 0 aromatic carbocycles. The van der Waals surface area contributed by atoms with Crippen LogP contribution < -0.4 is 22.5 Å². The molecule has 14 nitrogen and oxygen atoms in total. The Hall–Kier alpha value is -1.75. The molecule has 24 heavy (non-hydrogen) atoms. The third-order valence-electron chi connectivity index (χ3n) is 2.20. The molecule has 0 aliphatic rings. The zero-order chi connectivity index (χ0) is 18.0. The number of aldehydes is 1. The number of aliphatic hydroxyl groups is 7. The Morgan fingerprint density at radius 1 is 0.833 bits per heavy atom. The zero-order valence-electron chi connectivity index (χ0n) is 12.9. The SMILES string of the molecule is O=C([O-])C(O)C(O)C(=O)[O-].O=C[C@H](O)[C@@H](O)[C@H](O)[C@H](O)CO.[NH4+].[NH4+]. The van der Waals surface area contributed by atoms with Gasteiger partial charge in [-0.2, -0.15) is 0 Å². The lowest BCUT2D eigenvalue weighted by molar-refractivity contribution is -0.333. The molecule has 0 heterocycles. The highest BCUT2D eigenvalue weighted by molar-refractivity contribution is 5.80. The molecule has 0 aromatic heterocycles. The molecule has 14 heteroatoms. The summed E-state index contributed by atoms with van der Waals surface area (Å²) in [5.74, 6) is -4.12. The molecule has 0 saturated heterocycles. The Morgan fingerprint density at radius 2 is 1.17 bits per heavy atom. The van der Waals surface area contributed by atoms with E-state index in [1.54, 1.807) is 0 Å². The van der Waals surface area contributed by atoms with Gasteiger partial charge in [0.05, 0.1) is 18.5 Å². The number of aliphatic carboxylic acids is 2. The van der Waals surface area contributed by atoms with Gasteiger partial charge in [-0.1, -0.05) is 0 Å². The predicted molar refractivity (Wildman–Crippen MR) is 71.2 cm³/mol. The van der Waals surface area contributed by atoms with Crippen LogP contribution >= 0.6 is 0 Å². The molecular formula is C10H24N2O12. The lowest BCUT2D eigenvalue weighted by Crippen LogP contribution is -2.51. The Labute approximate surface area is 135 Å². The second kappa shape index (κ2) is 14.8. The van der Waals surface area contributed by atoms with Gasteiger partial charge in [0.15, 0.2) is 6.29 Å². The van der Waals surface area contributed by atoms with Crippen molar-refractivity contribution in [2.24, 2.45) is 0 Å². The average molecular weight is 364 g/mol. The van der Waals surface area contributed by atoms with Crippen LogP contribution in [0.5, 0.6) is 0 Å². The third kappa shape index (κ3) is 10.9. The van der Waals surface area contributed by atoms with Crippen molar-refractivity contribution in [3.05, 3.63) is 0 Å². The highest BCUT2D eigenvalue weighted by atomic mass is 16.4. The van der Waals surface area contributed by atoms with Gasteiger partial charge in [-0.05, 0) is 0 Å². The van der Waals surface area contributed by atoms with Crippen LogP contribution in [0.1, 0.15) is 0 Å². The van der Waals surface area contributed by atoms with E-state index in [0.717, 1.165) is 0 Å². The smallest absolute Gasteiger partial charge is 0.151 e. The van der Waals surface area contributed by atoms with Crippen LogP contribution in [0.25, 0.3) is 0 Å². The number of rotatable bonds is 8. The Morgan fingerprint density at radius 3 is 1.38 bits per heavy atom. The molecule has 0 aromatic rings. The molecule has 0 amide bonds. The molecule has 2 unspecified atom stereocenters. The second-order valence-electron chi connectivity index (χ2n) is 3.89. The summed E-state index contributed by atoms with van der Waals surface area (Å²) >= 11 is 0. The molecule has 0 spiro atoms. The molecule has 0 fully saturated rings. The maximum absolute atomic E-state index is 9.90. The number of aliphatic hydroxyl groups excluding tert-OH is 7. The number of carbonyl (C=O) groups excluding carboxylic acids is 3. The van der Waals surface area contributed by atoms with Gasteiger partial charge in [0.1, 0.15) is 36.6 Å². The first-order chi connectivity index (χ1) is 10.0. The molecule has 0 radical (unpaired) electrons. The lowest BCUT2D eigenvalue weighted by Gasteiger charge is -2.22. The Balaban J connectivity index is -0.000000156. The molecule has 6 atom stereocenters. The molecular weight excluding hydrogens is 340 g/mol. The van der Waals surface area contributed by atoms with Crippen LogP contribution in [-0.2, 0) is 14.4 Å². The summed E-state index contributed by atoms with van der Waals surface area (Å²) in [6.07, 6.45) is -11.7. The molecule has 0 rings (SSSR count). The van der Waals surface area contributed by atoms with Crippen LogP contribution in [0.4, 0.5) is 0 Å². The fraction of sp³-hybridized carbons (Fsp3) is 0.700. The topological polar surface area (TPSA) is 312 Å². The van der Waals surface area contributed by atoms with Gasteiger partial charge in [-0.25, -0.2) is 0 Å². The van der Waals surface area contributed by atoms with Crippen LogP contribution in [0.15, 0.2) is 0 Å². The maximum atomic E-state index is 9.90. The summed E-state index contributed by atoms with van der Waals surface area (Å²) in [4.78, 5) is 29.2. The number of carbonyl (C=O) groups is 3. The van der Waals surface area contributed by atoms with E-state index in [0.29, 0.717) is 0 Å². The van der Waals surface area contributed by atoms with Gasteiger partial charge in [0.25, 0.3) is 0 Å². The quantitative estimate of drug-likeness (QED) is 0.181. The Kier molecular flexibility index (Phi) is 18.6. The summed E-state index contributed by atoms with van der Waals surface area (Å²) < 4.78 is 0. The van der Waals surface area contributed by atoms with Gasteiger partial charge >= 0.3 is 0 Å².